The average Bonchev–Trinajstić information content (AvgIpc) is 3.68. The van der Waals surface area contributed by atoms with E-state index < -0.39 is 0 Å². The van der Waals surface area contributed by atoms with Crippen LogP contribution in [-0.4, -0.2) is 0 Å². The number of hydrogen-bond acceptors (Lipinski definition) is 3. The first-order valence-corrected chi connectivity index (χ1v) is 15.2. The Labute approximate surface area is 260 Å². The third-order valence-corrected chi connectivity index (χ3v) is 8.67. The van der Waals surface area contributed by atoms with Crippen molar-refractivity contribution >= 4 is 60.9 Å². The predicted octanol–water partition coefficient (Wildman–Crippen LogP) is 12.3. The second kappa shape index (κ2) is 10.3. The van der Waals surface area contributed by atoms with Crippen LogP contribution in [0.3, 0.4) is 0 Å². The molecule has 2 heterocycles. The molecule has 2 aromatic heterocycles. The van der Waals surface area contributed by atoms with Crippen LogP contribution in [0.15, 0.2) is 173 Å². The molecule has 0 fully saturated rings. The van der Waals surface area contributed by atoms with Gasteiger partial charge >= 0.3 is 0 Å². The van der Waals surface area contributed by atoms with E-state index in [1.165, 1.54) is 0 Å². The van der Waals surface area contributed by atoms with Crippen molar-refractivity contribution in [2.75, 3.05) is 4.90 Å². The van der Waals surface area contributed by atoms with Crippen molar-refractivity contribution in [3.8, 4) is 22.3 Å². The molecule has 9 rings (SSSR count). The number of rotatable bonds is 5. The lowest BCUT2D eigenvalue weighted by molar-refractivity contribution is 0.669. The van der Waals surface area contributed by atoms with Crippen molar-refractivity contribution in [2.45, 2.75) is 0 Å². The number of anilines is 3. The van der Waals surface area contributed by atoms with Gasteiger partial charge in [-0.1, -0.05) is 103 Å². The molecule has 7 aromatic carbocycles. The van der Waals surface area contributed by atoms with E-state index in [1.54, 1.807) is 0 Å². The van der Waals surface area contributed by atoms with Crippen molar-refractivity contribution in [1.29, 1.82) is 0 Å². The summed E-state index contributed by atoms with van der Waals surface area (Å²) >= 11 is 0. The highest BCUT2D eigenvalue weighted by atomic mass is 16.3. The summed E-state index contributed by atoms with van der Waals surface area (Å²) in [5, 5.41) is 4.54. The molecule has 3 nitrogen and oxygen atoms in total. The highest BCUT2D eigenvalue weighted by Gasteiger charge is 2.16. The fraction of sp³-hybridized carbons (Fsp3) is 0. The largest absolute Gasteiger partial charge is 0.456 e. The molecule has 3 heteroatoms. The molecule has 0 aliphatic rings. The first-order valence-electron chi connectivity index (χ1n) is 15.2. The van der Waals surface area contributed by atoms with Gasteiger partial charge in [-0.2, -0.15) is 0 Å². The van der Waals surface area contributed by atoms with E-state index in [2.05, 4.69) is 144 Å². The molecule has 212 valence electrons. The molecule has 0 aliphatic heterocycles. The van der Waals surface area contributed by atoms with Crippen LogP contribution in [0.1, 0.15) is 0 Å². The van der Waals surface area contributed by atoms with Crippen LogP contribution in [0.4, 0.5) is 17.1 Å². The van der Waals surface area contributed by atoms with Gasteiger partial charge < -0.3 is 13.7 Å². The normalized spacial score (nSPS) is 11.6. The Hall–Kier alpha value is -6.06. The number of fused-ring (bicyclic) bond motifs is 6. The van der Waals surface area contributed by atoms with E-state index in [9.17, 15) is 0 Å². The Morgan fingerprint density at radius 2 is 0.911 bits per heavy atom. The van der Waals surface area contributed by atoms with Crippen LogP contribution in [0, 0.1) is 0 Å². The van der Waals surface area contributed by atoms with E-state index in [1.807, 2.05) is 24.3 Å². The molecule has 9 aromatic rings. The molecular weight excluding hydrogens is 550 g/mol. The van der Waals surface area contributed by atoms with Crippen LogP contribution < -0.4 is 4.90 Å². The molecule has 0 spiro atoms. The van der Waals surface area contributed by atoms with Gasteiger partial charge in [0.05, 0.1) is 0 Å². The van der Waals surface area contributed by atoms with Gasteiger partial charge in [-0.05, 0) is 77.4 Å². The van der Waals surface area contributed by atoms with Crippen molar-refractivity contribution < 1.29 is 8.83 Å². The van der Waals surface area contributed by atoms with Gasteiger partial charge in [0.15, 0.2) is 0 Å². The summed E-state index contributed by atoms with van der Waals surface area (Å²) in [4.78, 5) is 2.31. The SMILES string of the molecule is c1ccc(N(c2ccc(-c3cccc4c3oc3ccccc34)cc2)c2cccc(-c3ccc4oc5ccccc5c4c3)c2)cc1. The zero-order valence-electron chi connectivity index (χ0n) is 24.4. The van der Waals surface area contributed by atoms with Crippen molar-refractivity contribution in [3.05, 3.63) is 164 Å². The van der Waals surface area contributed by atoms with E-state index in [0.717, 1.165) is 83.2 Å². The molecule has 0 atom stereocenters. The minimum Gasteiger partial charge on any atom is -0.456 e. The van der Waals surface area contributed by atoms with Crippen LogP contribution in [0.25, 0.3) is 66.1 Å². The van der Waals surface area contributed by atoms with Crippen LogP contribution in [0.5, 0.6) is 0 Å². The number of para-hydroxylation sites is 4. The molecular formula is C42H27NO2. The maximum absolute atomic E-state index is 6.34. The minimum absolute atomic E-state index is 0.903. The highest BCUT2D eigenvalue weighted by molar-refractivity contribution is 6.09. The number of nitrogens with zero attached hydrogens (tertiary/aromatic N) is 1. The number of hydrogen-bond donors (Lipinski definition) is 0. The number of benzene rings is 7. The quantitative estimate of drug-likeness (QED) is 0.204. The van der Waals surface area contributed by atoms with Gasteiger partial charge in [-0.3, -0.25) is 0 Å². The summed E-state index contributed by atoms with van der Waals surface area (Å²) in [6, 6.07) is 57.3. The Kier molecular flexibility index (Phi) is 5.82. The summed E-state index contributed by atoms with van der Waals surface area (Å²) < 4.78 is 12.4. The van der Waals surface area contributed by atoms with E-state index in [4.69, 9.17) is 8.83 Å². The lowest BCUT2D eigenvalue weighted by Gasteiger charge is -2.26. The van der Waals surface area contributed by atoms with Gasteiger partial charge in [0, 0.05) is 44.2 Å². The summed E-state index contributed by atoms with van der Waals surface area (Å²) in [6.07, 6.45) is 0. The van der Waals surface area contributed by atoms with E-state index in [-0.39, 0.29) is 0 Å². The third-order valence-electron chi connectivity index (χ3n) is 8.67. The molecule has 0 saturated carbocycles. The molecule has 0 bridgehead atoms. The van der Waals surface area contributed by atoms with Gasteiger partial charge in [0.1, 0.15) is 22.3 Å². The Balaban J connectivity index is 1.13. The summed E-state index contributed by atoms with van der Waals surface area (Å²) in [6.45, 7) is 0. The van der Waals surface area contributed by atoms with Crippen LogP contribution >= 0.6 is 0 Å². The first kappa shape index (κ1) is 25.4. The molecule has 0 aliphatic carbocycles. The molecule has 0 amide bonds. The molecule has 0 radical (unpaired) electrons. The monoisotopic (exact) mass is 577 g/mol. The smallest absolute Gasteiger partial charge is 0.143 e. The molecule has 0 saturated heterocycles. The van der Waals surface area contributed by atoms with Gasteiger partial charge in [-0.15, -0.1) is 0 Å². The van der Waals surface area contributed by atoms with Gasteiger partial charge in [-0.25, -0.2) is 0 Å². The zero-order valence-corrected chi connectivity index (χ0v) is 24.4. The Morgan fingerprint density at radius 1 is 0.333 bits per heavy atom. The Morgan fingerprint density at radius 3 is 1.73 bits per heavy atom. The van der Waals surface area contributed by atoms with Gasteiger partial charge in [0.2, 0.25) is 0 Å². The number of furan rings is 2. The maximum atomic E-state index is 6.34. The standard InChI is InChI=1S/C42H27NO2/c1-2-11-31(12-3-1)43(32-23-20-28(21-24-32)34-16-9-17-37-35-14-4-7-19-40(35)45-42(34)37)33-13-8-10-29(26-33)30-22-25-41-38(27-30)36-15-5-6-18-39(36)44-41/h1-27H. The van der Waals surface area contributed by atoms with Crippen LogP contribution in [-0.2, 0) is 0 Å². The molecule has 0 N–H and O–H groups in total. The zero-order chi connectivity index (χ0) is 29.7. The maximum Gasteiger partial charge on any atom is 0.143 e. The first-order chi connectivity index (χ1) is 22.3. The average molecular weight is 578 g/mol. The van der Waals surface area contributed by atoms with Gasteiger partial charge in [0.25, 0.3) is 0 Å². The fourth-order valence-corrected chi connectivity index (χ4v) is 6.52. The third kappa shape index (κ3) is 4.29. The summed E-state index contributed by atoms with van der Waals surface area (Å²) in [5.41, 5.74) is 11.4. The summed E-state index contributed by atoms with van der Waals surface area (Å²) in [5.74, 6) is 0. The second-order valence-corrected chi connectivity index (χ2v) is 11.4. The van der Waals surface area contributed by atoms with Crippen molar-refractivity contribution in [1.82, 2.24) is 0 Å². The summed E-state index contributed by atoms with van der Waals surface area (Å²) in [7, 11) is 0. The van der Waals surface area contributed by atoms with Crippen molar-refractivity contribution in [2.24, 2.45) is 0 Å². The van der Waals surface area contributed by atoms with E-state index in [0.29, 0.717) is 0 Å². The second-order valence-electron chi connectivity index (χ2n) is 11.4. The Bertz CT molecular complexity index is 2490. The predicted molar refractivity (Wildman–Crippen MR) is 187 cm³/mol. The fourth-order valence-electron chi connectivity index (χ4n) is 6.52. The molecule has 0 unspecified atom stereocenters. The van der Waals surface area contributed by atoms with Crippen LogP contribution in [0.2, 0.25) is 0 Å². The minimum atomic E-state index is 0.903. The van der Waals surface area contributed by atoms with Crippen molar-refractivity contribution in [3.63, 3.8) is 0 Å². The lowest BCUT2D eigenvalue weighted by Crippen LogP contribution is -2.09. The van der Waals surface area contributed by atoms with E-state index >= 15 is 0 Å². The highest BCUT2D eigenvalue weighted by Crippen LogP contribution is 2.40. The lowest BCUT2D eigenvalue weighted by atomic mass is 10.0. The molecule has 45 heavy (non-hydrogen) atoms. The topological polar surface area (TPSA) is 29.5 Å².